The Morgan fingerprint density at radius 3 is 2.48 bits per heavy atom. The fourth-order valence-electron chi connectivity index (χ4n) is 5.21. The van der Waals surface area contributed by atoms with Gasteiger partial charge in [-0.3, -0.25) is 9.59 Å². The van der Waals surface area contributed by atoms with Gasteiger partial charge in [-0.15, -0.1) is 0 Å². The first kappa shape index (κ1) is 31.3. The van der Waals surface area contributed by atoms with Crippen LogP contribution in [0.15, 0.2) is 66.7 Å². The van der Waals surface area contributed by atoms with Crippen LogP contribution in [-0.4, -0.2) is 69.1 Å². The number of nitrogens with zero attached hydrogens (tertiary/aromatic N) is 2. The molecule has 1 atom stereocenters. The topological polar surface area (TPSA) is 99.9 Å². The molecule has 0 aromatic heterocycles. The predicted octanol–water partition coefficient (Wildman–Crippen LogP) is 3.54. The first-order valence-corrected chi connectivity index (χ1v) is 14.6. The molecule has 0 saturated carbocycles. The fraction of sp³-hybridized carbons (Fsp3) is 0.375. The molecule has 1 unspecified atom stereocenters. The highest BCUT2D eigenvalue weighted by molar-refractivity contribution is 6.30. The highest BCUT2D eigenvalue weighted by Crippen LogP contribution is 2.25. The third-order valence-electron chi connectivity index (χ3n) is 7.45. The maximum absolute atomic E-state index is 15.0. The Bertz CT molecular complexity index is 1330. The van der Waals surface area contributed by atoms with E-state index in [1.807, 2.05) is 42.5 Å². The summed E-state index contributed by atoms with van der Waals surface area (Å²) in [5.74, 6) is 0.174. The van der Waals surface area contributed by atoms with Crippen molar-refractivity contribution in [2.45, 2.75) is 31.8 Å². The molecule has 2 amide bonds. The average molecular weight is 596 g/mol. The zero-order valence-electron chi connectivity index (χ0n) is 24.0. The molecule has 4 rings (SSSR count). The summed E-state index contributed by atoms with van der Waals surface area (Å²) in [6.07, 6.45) is 1.25. The van der Waals surface area contributed by atoms with E-state index in [9.17, 15) is 14.0 Å². The molecule has 3 aromatic carbocycles. The number of ether oxygens (including phenoxy) is 1. The van der Waals surface area contributed by atoms with Gasteiger partial charge in [-0.1, -0.05) is 48.0 Å². The van der Waals surface area contributed by atoms with Crippen LogP contribution in [0.25, 0.3) is 0 Å². The Hall–Kier alpha value is -3.66. The normalized spacial score (nSPS) is 14.0. The van der Waals surface area contributed by atoms with Gasteiger partial charge in [-0.05, 0) is 54.4 Å². The van der Waals surface area contributed by atoms with Crippen LogP contribution in [-0.2, 0) is 29.0 Å². The Labute approximate surface area is 252 Å². The second-order valence-corrected chi connectivity index (χ2v) is 10.7. The lowest BCUT2D eigenvalue weighted by Gasteiger charge is -2.38. The van der Waals surface area contributed by atoms with Crippen LogP contribution < -0.4 is 26.0 Å². The molecule has 42 heavy (non-hydrogen) atoms. The Kier molecular flexibility index (Phi) is 11.6. The van der Waals surface area contributed by atoms with Crippen molar-refractivity contribution in [2.24, 2.45) is 5.73 Å². The number of piperazine rings is 1. The molecule has 0 aliphatic carbocycles. The number of hydrogen-bond acceptors (Lipinski definition) is 6. The van der Waals surface area contributed by atoms with Gasteiger partial charge >= 0.3 is 0 Å². The van der Waals surface area contributed by atoms with E-state index in [0.29, 0.717) is 56.3 Å². The molecule has 0 radical (unpaired) electrons. The number of para-hydroxylation sites is 1. The van der Waals surface area contributed by atoms with Crippen molar-refractivity contribution in [3.8, 4) is 5.75 Å². The van der Waals surface area contributed by atoms with Gasteiger partial charge in [0.2, 0.25) is 11.8 Å². The van der Waals surface area contributed by atoms with Crippen LogP contribution >= 0.6 is 11.6 Å². The van der Waals surface area contributed by atoms with Gasteiger partial charge in [0, 0.05) is 68.4 Å². The van der Waals surface area contributed by atoms with E-state index < -0.39 is 6.04 Å². The minimum absolute atomic E-state index is 0.146. The number of carbonyl (C=O) groups excluding carboxylic acids is 2. The number of halogens is 2. The number of carbonyl (C=O) groups is 2. The second kappa shape index (κ2) is 15.5. The number of hydrogen-bond donors (Lipinski definition) is 3. The van der Waals surface area contributed by atoms with E-state index in [1.54, 1.807) is 30.2 Å². The maximum atomic E-state index is 15.0. The average Bonchev–Trinajstić information content (AvgIpc) is 3.00. The van der Waals surface area contributed by atoms with Gasteiger partial charge in [0.15, 0.2) is 0 Å². The summed E-state index contributed by atoms with van der Waals surface area (Å²) in [6.45, 7) is 3.27. The summed E-state index contributed by atoms with van der Waals surface area (Å²) in [5.41, 5.74) is 8.96. The van der Waals surface area contributed by atoms with Crippen molar-refractivity contribution in [3.05, 3.63) is 94.3 Å². The lowest BCUT2D eigenvalue weighted by Crippen LogP contribution is -2.56. The van der Waals surface area contributed by atoms with Gasteiger partial charge in [-0.25, -0.2) is 4.39 Å². The SMILES string of the molecule is COc1ccccc1CCNCc1c(F)cccc1N1CCN(C(=O)C(Cc2ccc(Cl)cc2)NC(=O)CCN)CC1. The zero-order chi connectivity index (χ0) is 29.9. The van der Waals surface area contributed by atoms with E-state index in [1.165, 1.54) is 6.07 Å². The van der Waals surface area contributed by atoms with Gasteiger partial charge in [0.1, 0.15) is 17.6 Å². The van der Waals surface area contributed by atoms with Crippen LogP contribution in [0.5, 0.6) is 5.75 Å². The lowest BCUT2D eigenvalue weighted by molar-refractivity contribution is -0.136. The number of amides is 2. The van der Waals surface area contributed by atoms with E-state index in [2.05, 4.69) is 15.5 Å². The third-order valence-corrected chi connectivity index (χ3v) is 7.70. The number of methoxy groups -OCH3 is 1. The summed E-state index contributed by atoms with van der Waals surface area (Å²) in [4.78, 5) is 29.8. The van der Waals surface area contributed by atoms with Crippen molar-refractivity contribution >= 4 is 29.1 Å². The smallest absolute Gasteiger partial charge is 0.245 e. The molecule has 3 aromatic rings. The molecule has 1 saturated heterocycles. The molecule has 10 heteroatoms. The number of anilines is 1. The molecule has 0 spiro atoms. The first-order valence-electron chi connectivity index (χ1n) is 14.3. The lowest BCUT2D eigenvalue weighted by atomic mass is 10.0. The molecule has 1 aliphatic rings. The van der Waals surface area contributed by atoms with Gasteiger partial charge < -0.3 is 30.9 Å². The molecule has 1 heterocycles. The molecule has 1 aliphatic heterocycles. The van der Waals surface area contributed by atoms with Gasteiger partial charge in [0.05, 0.1) is 7.11 Å². The van der Waals surface area contributed by atoms with Crippen LogP contribution in [0.4, 0.5) is 10.1 Å². The zero-order valence-corrected chi connectivity index (χ0v) is 24.7. The van der Waals surface area contributed by atoms with Crippen molar-refractivity contribution in [1.82, 2.24) is 15.5 Å². The number of rotatable bonds is 13. The number of nitrogens with two attached hydrogens (primary N) is 1. The van der Waals surface area contributed by atoms with E-state index in [4.69, 9.17) is 22.1 Å². The minimum atomic E-state index is -0.714. The third kappa shape index (κ3) is 8.44. The summed E-state index contributed by atoms with van der Waals surface area (Å²) < 4.78 is 20.4. The van der Waals surface area contributed by atoms with Crippen molar-refractivity contribution in [3.63, 3.8) is 0 Å². The summed E-state index contributed by atoms with van der Waals surface area (Å²) in [5, 5.41) is 6.84. The summed E-state index contributed by atoms with van der Waals surface area (Å²) >= 11 is 6.02. The van der Waals surface area contributed by atoms with Crippen LogP contribution in [0.2, 0.25) is 5.02 Å². The Morgan fingerprint density at radius 1 is 1.02 bits per heavy atom. The molecule has 8 nitrogen and oxygen atoms in total. The highest BCUT2D eigenvalue weighted by atomic mass is 35.5. The molecule has 4 N–H and O–H groups in total. The van der Waals surface area contributed by atoms with E-state index >= 15 is 0 Å². The molecule has 224 valence electrons. The number of benzene rings is 3. The Balaban J connectivity index is 1.37. The maximum Gasteiger partial charge on any atom is 0.245 e. The highest BCUT2D eigenvalue weighted by Gasteiger charge is 2.29. The fourth-order valence-corrected chi connectivity index (χ4v) is 5.33. The van der Waals surface area contributed by atoms with Crippen LogP contribution in [0.3, 0.4) is 0 Å². The standard InChI is InChI=1S/C32H39ClFN5O3/c1-42-30-8-3-2-5-24(30)14-16-36-22-26-27(34)6-4-7-29(26)38-17-19-39(20-18-38)32(41)28(37-31(40)13-15-35)21-23-9-11-25(33)12-10-23/h2-12,28,36H,13-22,35H2,1H3,(H,37,40). The first-order chi connectivity index (χ1) is 20.4. The Morgan fingerprint density at radius 2 is 1.76 bits per heavy atom. The monoisotopic (exact) mass is 595 g/mol. The quantitative estimate of drug-likeness (QED) is 0.261. The second-order valence-electron chi connectivity index (χ2n) is 10.3. The molecule has 1 fully saturated rings. The minimum Gasteiger partial charge on any atom is -0.496 e. The van der Waals surface area contributed by atoms with Crippen molar-refractivity contribution in [2.75, 3.05) is 51.3 Å². The number of nitrogens with one attached hydrogen (secondary N) is 2. The van der Waals surface area contributed by atoms with Gasteiger partial charge in [-0.2, -0.15) is 0 Å². The van der Waals surface area contributed by atoms with Crippen molar-refractivity contribution < 1.29 is 18.7 Å². The van der Waals surface area contributed by atoms with E-state index in [0.717, 1.165) is 29.0 Å². The summed E-state index contributed by atoms with van der Waals surface area (Å²) in [7, 11) is 1.66. The van der Waals surface area contributed by atoms with Gasteiger partial charge in [0.25, 0.3) is 0 Å². The van der Waals surface area contributed by atoms with Crippen LogP contribution in [0.1, 0.15) is 23.1 Å². The molecule has 0 bridgehead atoms. The predicted molar refractivity (Wildman–Crippen MR) is 164 cm³/mol. The summed E-state index contributed by atoms with van der Waals surface area (Å²) in [6, 6.07) is 19.5. The molecular formula is C32H39ClFN5O3. The largest absolute Gasteiger partial charge is 0.496 e. The van der Waals surface area contributed by atoms with E-state index in [-0.39, 0.29) is 30.6 Å². The van der Waals surface area contributed by atoms with Crippen LogP contribution in [0, 0.1) is 5.82 Å². The molecular weight excluding hydrogens is 557 g/mol. The van der Waals surface area contributed by atoms with Crippen molar-refractivity contribution in [1.29, 1.82) is 0 Å².